The standard InChI is InChI=1S/C24H30N2O6/c27-10-9-25-23(29)17-12-18(21(28)22-20(17)16-5-1-2-6-19(16)32-22)26(24(30)14-7-8-14)13-15-4-3-11-31-15/h1-2,5-6,12,14-15,18,20-22,27-28H,3-4,7-11,13H2,(H,25,29). The number of aliphatic hydroxyl groups is 2. The number of nitrogens with zero attached hydrogens (tertiary/aromatic N) is 1. The van der Waals surface area contributed by atoms with Crippen LogP contribution in [0.4, 0.5) is 0 Å². The van der Waals surface area contributed by atoms with E-state index in [4.69, 9.17) is 9.47 Å². The molecule has 2 aliphatic carbocycles. The molecule has 2 heterocycles. The zero-order chi connectivity index (χ0) is 22.2. The van der Waals surface area contributed by atoms with Crippen LogP contribution in [-0.2, 0) is 14.3 Å². The minimum Gasteiger partial charge on any atom is -0.486 e. The number of aliphatic hydroxyl groups excluding tert-OH is 2. The van der Waals surface area contributed by atoms with E-state index in [0.717, 1.165) is 31.2 Å². The molecule has 2 amide bonds. The molecule has 1 aromatic rings. The lowest BCUT2D eigenvalue weighted by molar-refractivity contribution is -0.140. The second kappa shape index (κ2) is 8.84. The molecule has 2 fully saturated rings. The number of carbonyl (C=O) groups excluding carboxylic acids is 2. The van der Waals surface area contributed by atoms with Crippen molar-refractivity contribution in [2.24, 2.45) is 5.92 Å². The zero-order valence-electron chi connectivity index (χ0n) is 18.0. The van der Waals surface area contributed by atoms with Gasteiger partial charge in [-0.2, -0.15) is 0 Å². The summed E-state index contributed by atoms with van der Waals surface area (Å²) in [6.45, 7) is 1.03. The summed E-state index contributed by atoms with van der Waals surface area (Å²) in [7, 11) is 0. The number of fused-ring (bicyclic) bond motifs is 3. The quantitative estimate of drug-likeness (QED) is 0.575. The molecule has 5 atom stereocenters. The number of para-hydroxylation sites is 1. The monoisotopic (exact) mass is 442 g/mol. The first kappa shape index (κ1) is 21.4. The number of rotatable bonds is 7. The third-order valence-electron chi connectivity index (χ3n) is 6.87. The van der Waals surface area contributed by atoms with Gasteiger partial charge in [-0.1, -0.05) is 18.2 Å². The van der Waals surface area contributed by atoms with Crippen LogP contribution in [0.25, 0.3) is 0 Å². The lowest BCUT2D eigenvalue weighted by atomic mass is 9.77. The Morgan fingerprint density at radius 1 is 1.19 bits per heavy atom. The van der Waals surface area contributed by atoms with Crippen molar-refractivity contribution < 1.29 is 29.3 Å². The fraction of sp³-hybridized carbons (Fsp3) is 0.583. The van der Waals surface area contributed by atoms with E-state index < -0.39 is 24.2 Å². The summed E-state index contributed by atoms with van der Waals surface area (Å²) in [4.78, 5) is 28.1. The minimum atomic E-state index is -0.981. The molecule has 3 N–H and O–H groups in total. The number of hydrogen-bond acceptors (Lipinski definition) is 6. The molecule has 2 aliphatic heterocycles. The molecule has 5 rings (SSSR count). The molecule has 1 aromatic carbocycles. The highest BCUT2D eigenvalue weighted by Crippen LogP contribution is 2.47. The normalized spacial score (nSPS) is 30.7. The Labute approximate surface area is 187 Å². The van der Waals surface area contributed by atoms with Gasteiger partial charge in [0.25, 0.3) is 0 Å². The number of carbonyl (C=O) groups is 2. The first-order chi connectivity index (χ1) is 15.6. The Hall–Kier alpha value is -2.42. The van der Waals surface area contributed by atoms with Crippen molar-refractivity contribution in [2.75, 3.05) is 26.3 Å². The number of nitrogens with one attached hydrogen (secondary N) is 1. The average molecular weight is 443 g/mol. The molecular formula is C24H30N2O6. The molecule has 32 heavy (non-hydrogen) atoms. The van der Waals surface area contributed by atoms with Crippen LogP contribution >= 0.6 is 0 Å². The predicted molar refractivity (Wildman–Crippen MR) is 115 cm³/mol. The van der Waals surface area contributed by atoms with Crippen molar-refractivity contribution in [3.8, 4) is 5.75 Å². The highest BCUT2D eigenvalue weighted by molar-refractivity contribution is 5.96. The maximum Gasteiger partial charge on any atom is 0.247 e. The summed E-state index contributed by atoms with van der Waals surface area (Å²) in [6.07, 6.45) is 3.55. The smallest absolute Gasteiger partial charge is 0.247 e. The second-order valence-electron chi connectivity index (χ2n) is 9.08. The Balaban J connectivity index is 1.51. The summed E-state index contributed by atoms with van der Waals surface area (Å²) in [5, 5.41) is 23.3. The molecule has 4 aliphatic rings. The number of amides is 2. The van der Waals surface area contributed by atoms with Crippen molar-refractivity contribution in [3.63, 3.8) is 0 Å². The van der Waals surface area contributed by atoms with E-state index in [1.165, 1.54) is 0 Å². The number of ether oxygens (including phenoxy) is 2. The highest BCUT2D eigenvalue weighted by atomic mass is 16.5. The van der Waals surface area contributed by atoms with E-state index in [1.807, 2.05) is 24.3 Å². The van der Waals surface area contributed by atoms with Gasteiger partial charge in [0.2, 0.25) is 11.8 Å². The van der Waals surface area contributed by atoms with Gasteiger partial charge in [0, 0.05) is 36.8 Å². The van der Waals surface area contributed by atoms with Gasteiger partial charge in [-0.15, -0.1) is 0 Å². The van der Waals surface area contributed by atoms with Gasteiger partial charge < -0.3 is 29.9 Å². The largest absolute Gasteiger partial charge is 0.486 e. The first-order valence-corrected chi connectivity index (χ1v) is 11.5. The Bertz CT molecular complexity index is 908. The van der Waals surface area contributed by atoms with Crippen LogP contribution in [0.2, 0.25) is 0 Å². The SMILES string of the molecule is O=C(NCCO)C1=CC(N(CC2CCCO2)C(=O)C2CC2)C(O)C2Oc3ccccc3C12. The van der Waals surface area contributed by atoms with Crippen LogP contribution in [0.3, 0.4) is 0 Å². The van der Waals surface area contributed by atoms with Crippen LogP contribution in [0.5, 0.6) is 5.75 Å². The molecule has 8 heteroatoms. The summed E-state index contributed by atoms with van der Waals surface area (Å²) in [6, 6.07) is 6.79. The molecule has 1 saturated carbocycles. The molecule has 1 saturated heterocycles. The third kappa shape index (κ3) is 3.91. The van der Waals surface area contributed by atoms with Gasteiger partial charge in [0.1, 0.15) is 18.0 Å². The van der Waals surface area contributed by atoms with Crippen LogP contribution in [0.15, 0.2) is 35.9 Å². The lowest BCUT2D eigenvalue weighted by Crippen LogP contribution is -2.57. The van der Waals surface area contributed by atoms with E-state index in [-0.39, 0.29) is 37.0 Å². The molecular weight excluding hydrogens is 412 g/mol. The molecule has 172 valence electrons. The molecule has 8 nitrogen and oxygen atoms in total. The van der Waals surface area contributed by atoms with Crippen LogP contribution in [0, 0.1) is 5.92 Å². The molecule has 5 unspecified atom stereocenters. The number of benzene rings is 1. The molecule has 0 radical (unpaired) electrons. The maximum atomic E-state index is 13.3. The average Bonchev–Trinajstić information content (AvgIpc) is 3.39. The predicted octanol–water partition coefficient (Wildman–Crippen LogP) is 0.727. The van der Waals surface area contributed by atoms with Crippen molar-refractivity contribution in [1.29, 1.82) is 0 Å². The summed E-state index contributed by atoms with van der Waals surface area (Å²) >= 11 is 0. The first-order valence-electron chi connectivity index (χ1n) is 11.5. The maximum absolute atomic E-state index is 13.3. The minimum absolute atomic E-state index is 0.00452. The Kier molecular flexibility index (Phi) is 5.92. The van der Waals surface area contributed by atoms with E-state index in [9.17, 15) is 19.8 Å². The van der Waals surface area contributed by atoms with Crippen molar-refractivity contribution in [2.45, 2.75) is 56.0 Å². The fourth-order valence-corrected chi connectivity index (χ4v) is 5.12. The van der Waals surface area contributed by atoms with Crippen molar-refractivity contribution in [3.05, 3.63) is 41.5 Å². The van der Waals surface area contributed by atoms with Gasteiger partial charge in [0.15, 0.2) is 0 Å². The summed E-state index contributed by atoms with van der Waals surface area (Å²) in [5.41, 5.74) is 1.31. The summed E-state index contributed by atoms with van der Waals surface area (Å²) < 4.78 is 11.9. The lowest BCUT2D eigenvalue weighted by Gasteiger charge is -2.41. The number of hydrogen-bond donors (Lipinski definition) is 3. The van der Waals surface area contributed by atoms with Gasteiger partial charge in [-0.3, -0.25) is 9.59 Å². The molecule has 0 bridgehead atoms. The van der Waals surface area contributed by atoms with Gasteiger partial charge >= 0.3 is 0 Å². The van der Waals surface area contributed by atoms with Gasteiger partial charge in [-0.05, 0) is 37.8 Å². The van der Waals surface area contributed by atoms with Crippen LogP contribution in [-0.4, -0.2) is 77.6 Å². The van der Waals surface area contributed by atoms with E-state index in [2.05, 4.69) is 5.32 Å². The third-order valence-corrected chi connectivity index (χ3v) is 6.87. The molecule has 0 spiro atoms. The Morgan fingerprint density at radius 2 is 2.00 bits per heavy atom. The Morgan fingerprint density at radius 3 is 2.72 bits per heavy atom. The van der Waals surface area contributed by atoms with Crippen molar-refractivity contribution >= 4 is 11.8 Å². The second-order valence-corrected chi connectivity index (χ2v) is 9.08. The summed E-state index contributed by atoms with van der Waals surface area (Å²) in [5.74, 6) is -0.130. The van der Waals surface area contributed by atoms with E-state index >= 15 is 0 Å². The molecule has 0 aromatic heterocycles. The van der Waals surface area contributed by atoms with Crippen LogP contribution < -0.4 is 10.1 Å². The van der Waals surface area contributed by atoms with Gasteiger partial charge in [0.05, 0.1) is 24.7 Å². The van der Waals surface area contributed by atoms with Crippen LogP contribution in [0.1, 0.15) is 37.2 Å². The fourth-order valence-electron chi connectivity index (χ4n) is 5.12. The van der Waals surface area contributed by atoms with E-state index in [0.29, 0.717) is 24.5 Å². The van der Waals surface area contributed by atoms with Crippen molar-refractivity contribution in [1.82, 2.24) is 10.2 Å². The topological polar surface area (TPSA) is 108 Å². The van der Waals surface area contributed by atoms with E-state index in [1.54, 1.807) is 11.0 Å². The van der Waals surface area contributed by atoms with Gasteiger partial charge in [-0.25, -0.2) is 0 Å². The highest BCUT2D eigenvalue weighted by Gasteiger charge is 2.51. The zero-order valence-corrected chi connectivity index (χ0v) is 18.0.